The third-order valence-corrected chi connectivity index (χ3v) is 8.09. The molecule has 0 aromatic heterocycles. The van der Waals surface area contributed by atoms with Crippen LogP contribution in [0, 0.1) is 0 Å². The van der Waals surface area contributed by atoms with Crippen molar-refractivity contribution in [3.05, 3.63) is 28.7 Å². The molecule has 1 aromatic carbocycles. The Kier molecular flexibility index (Phi) is 3.92. The second-order valence-electron chi connectivity index (χ2n) is 5.58. The van der Waals surface area contributed by atoms with E-state index in [1.165, 1.54) is 4.31 Å². The first-order valence-electron chi connectivity index (χ1n) is 6.79. The van der Waals surface area contributed by atoms with Crippen LogP contribution in [0.4, 0.5) is 0 Å². The lowest BCUT2D eigenvalue weighted by Gasteiger charge is -2.27. The molecule has 8 heteroatoms. The zero-order valence-corrected chi connectivity index (χ0v) is 14.5. The number of sulfonamides is 1. The Labute approximate surface area is 133 Å². The van der Waals surface area contributed by atoms with E-state index in [1.807, 2.05) is 0 Å². The third kappa shape index (κ3) is 3.18. The molecular weight excluding hydrogens is 378 g/mol. The van der Waals surface area contributed by atoms with Gasteiger partial charge in [-0.1, -0.05) is 22.0 Å². The summed E-state index contributed by atoms with van der Waals surface area (Å²) in [5.41, 5.74) is 0. The molecular formula is C13H16BrNO4S2. The van der Waals surface area contributed by atoms with E-state index >= 15 is 0 Å². The Morgan fingerprint density at radius 2 is 1.86 bits per heavy atom. The molecule has 3 rings (SSSR count). The van der Waals surface area contributed by atoms with E-state index < -0.39 is 25.9 Å². The molecule has 1 aliphatic heterocycles. The number of halogens is 1. The summed E-state index contributed by atoms with van der Waals surface area (Å²) in [4.78, 5) is 0.216. The largest absolute Gasteiger partial charge is 0.243 e. The highest BCUT2D eigenvalue weighted by Crippen LogP contribution is 2.37. The summed E-state index contributed by atoms with van der Waals surface area (Å²) in [7, 11) is -6.77. The maximum Gasteiger partial charge on any atom is 0.243 e. The van der Waals surface area contributed by atoms with Gasteiger partial charge >= 0.3 is 0 Å². The second-order valence-corrected chi connectivity index (χ2v) is 10.6. The lowest BCUT2D eigenvalue weighted by atomic mass is 10.2. The minimum Gasteiger partial charge on any atom is -0.229 e. The smallest absolute Gasteiger partial charge is 0.229 e. The van der Waals surface area contributed by atoms with Crippen LogP contribution in [0.15, 0.2) is 33.6 Å². The van der Waals surface area contributed by atoms with Gasteiger partial charge in [0.2, 0.25) is 10.0 Å². The van der Waals surface area contributed by atoms with Crippen molar-refractivity contribution >= 4 is 35.8 Å². The number of hydrogen-bond acceptors (Lipinski definition) is 4. The van der Waals surface area contributed by atoms with Crippen molar-refractivity contribution in [2.75, 3.05) is 11.5 Å². The molecule has 0 unspecified atom stereocenters. The third-order valence-electron chi connectivity index (χ3n) is 3.85. The summed E-state index contributed by atoms with van der Waals surface area (Å²) < 4.78 is 51.2. The topological polar surface area (TPSA) is 71.5 Å². The fourth-order valence-electron chi connectivity index (χ4n) is 2.74. The van der Waals surface area contributed by atoms with Crippen LogP contribution in [0.2, 0.25) is 0 Å². The molecule has 21 heavy (non-hydrogen) atoms. The number of rotatable bonds is 4. The lowest BCUT2D eigenvalue weighted by Crippen LogP contribution is -2.42. The molecule has 0 spiro atoms. The van der Waals surface area contributed by atoms with Crippen molar-refractivity contribution in [2.24, 2.45) is 0 Å². The predicted octanol–water partition coefficient (Wildman–Crippen LogP) is 1.79. The average molecular weight is 394 g/mol. The Balaban J connectivity index is 1.98. The minimum atomic E-state index is -3.66. The Morgan fingerprint density at radius 1 is 1.14 bits per heavy atom. The van der Waals surface area contributed by atoms with Crippen molar-refractivity contribution in [3.63, 3.8) is 0 Å². The Hall–Kier alpha value is -0.440. The zero-order valence-electron chi connectivity index (χ0n) is 11.3. The Morgan fingerprint density at radius 3 is 2.38 bits per heavy atom. The van der Waals surface area contributed by atoms with Gasteiger partial charge in [-0.2, -0.15) is 4.31 Å². The van der Waals surface area contributed by atoms with Gasteiger partial charge in [0, 0.05) is 16.6 Å². The fraction of sp³-hybridized carbons (Fsp3) is 0.538. The van der Waals surface area contributed by atoms with Crippen LogP contribution >= 0.6 is 15.9 Å². The van der Waals surface area contributed by atoms with Crippen LogP contribution in [-0.2, 0) is 19.9 Å². The van der Waals surface area contributed by atoms with Gasteiger partial charge in [-0.15, -0.1) is 0 Å². The fourth-order valence-corrected chi connectivity index (χ4v) is 7.05. The first-order valence-corrected chi connectivity index (χ1v) is 10.8. The molecule has 2 aliphatic rings. The van der Waals surface area contributed by atoms with E-state index in [4.69, 9.17) is 0 Å². The molecule has 1 heterocycles. The van der Waals surface area contributed by atoms with E-state index in [0.29, 0.717) is 10.9 Å². The molecule has 0 N–H and O–H groups in total. The van der Waals surface area contributed by atoms with Crippen LogP contribution in [0.1, 0.15) is 19.3 Å². The van der Waals surface area contributed by atoms with Crippen LogP contribution in [0.25, 0.3) is 0 Å². The number of sulfone groups is 1. The summed E-state index contributed by atoms with van der Waals surface area (Å²) in [6, 6.07) is 6.08. The van der Waals surface area contributed by atoms with Gasteiger partial charge in [0.05, 0.1) is 16.4 Å². The van der Waals surface area contributed by atoms with E-state index in [-0.39, 0.29) is 22.4 Å². The van der Waals surface area contributed by atoms with Gasteiger partial charge in [-0.25, -0.2) is 16.8 Å². The molecule has 1 aromatic rings. The summed E-state index contributed by atoms with van der Waals surface area (Å²) >= 11 is 3.28. The maximum absolute atomic E-state index is 12.9. The van der Waals surface area contributed by atoms with Crippen molar-refractivity contribution < 1.29 is 16.8 Å². The van der Waals surface area contributed by atoms with Crippen molar-refractivity contribution in [1.29, 1.82) is 0 Å². The normalized spacial score (nSPS) is 25.3. The molecule has 1 saturated carbocycles. The lowest BCUT2D eigenvalue weighted by molar-refractivity contribution is 0.332. The van der Waals surface area contributed by atoms with Gasteiger partial charge in [-0.05, 0) is 37.5 Å². The first-order chi connectivity index (χ1) is 9.79. The SMILES string of the molecule is O=S1(=O)CC[C@H](N(C2CC2)S(=O)(=O)c2cccc(Br)c2)C1. The summed E-state index contributed by atoms with van der Waals surface area (Å²) in [6.45, 7) is 0. The number of hydrogen-bond donors (Lipinski definition) is 0. The highest BCUT2D eigenvalue weighted by molar-refractivity contribution is 9.10. The van der Waals surface area contributed by atoms with Gasteiger partial charge < -0.3 is 0 Å². The van der Waals surface area contributed by atoms with Crippen LogP contribution in [0.5, 0.6) is 0 Å². The standard InChI is InChI=1S/C13H16BrNO4S2/c14-10-2-1-3-13(8-10)21(18,19)15(11-4-5-11)12-6-7-20(16,17)9-12/h1-3,8,11-12H,4-7,9H2/t12-/m0/s1. The molecule has 116 valence electrons. The Bertz CT molecular complexity index is 756. The summed E-state index contributed by atoms with van der Waals surface area (Å²) in [5.74, 6) is 0.0195. The molecule has 0 radical (unpaired) electrons. The van der Waals surface area contributed by atoms with Crippen molar-refractivity contribution in [3.8, 4) is 0 Å². The maximum atomic E-state index is 12.9. The van der Waals surface area contributed by atoms with E-state index in [0.717, 1.165) is 12.8 Å². The quantitative estimate of drug-likeness (QED) is 0.781. The molecule has 1 atom stereocenters. The van der Waals surface area contributed by atoms with E-state index in [2.05, 4.69) is 15.9 Å². The predicted molar refractivity (Wildman–Crippen MR) is 83.2 cm³/mol. The van der Waals surface area contributed by atoms with Crippen LogP contribution in [0.3, 0.4) is 0 Å². The summed E-state index contributed by atoms with van der Waals surface area (Å²) in [5, 5.41) is 0. The highest BCUT2D eigenvalue weighted by Gasteiger charge is 2.46. The average Bonchev–Trinajstić information content (AvgIpc) is 3.14. The first kappa shape index (κ1) is 15.5. The summed E-state index contributed by atoms with van der Waals surface area (Å²) in [6.07, 6.45) is 2.01. The number of nitrogens with zero attached hydrogens (tertiary/aromatic N) is 1. The van der Waals surface area contributed by atoms with Crippen LogP contribution in [-0.4, -0.2) is 44.7 Å². The zero-order chi connectivity index (χ0) is 15.3. The molecule has 0 bridgehead atoms. The van der Waals surface area contributed by atoms with Gasteiger partial charge in [0.25, 0.3) is 0 Å². The minimum absolute atomic E-state index is 0.0488. The van der Waals surface area contributed by atoms with Crippen molar-refractivity contribution in [2.45, 2.75) is 36.2 Å². The van der Waals surface area contributed by atoms with Gasteiger partial charge in [0.1, 0.15) is 0 Å². The molecule has 1 saturated heterocycles. The molecule has 1 aliphatic carbocycles. The molecule has 2 fully saturated rings. The van der Waals surface area contributed by atoms with E-state index in [9.17, 15) is 16.8 Å². The second kappa shape index (κ2) is 5.33. The number of benzene rings is 1. The molecule has 5 nitrogen and oxygen atoms in total. The van der Waals surface area contributed by atoms with E-state index in [1.54, 1.807) is 24.3 Å². The van der Waals surface area contributed by atoms with Gasteiger partial charge in [0.15, 0.2) is 9.84 Å². The van der Waals surface area contributed by atoms with Gasteiger partial charge in [-0.3, -0.25) is 0 Å². The highest BCUT2D eigenvalue weighted by atomic mass is 79.9. The van der Waals surface area contributed by atoms with Crippen molar-refractivity contribution in [1.82, 2.24) is 4.31 Å². The van der Waals surface area contributed by atoms with Crippen LogP contribution < -0.4 is 0 Å². The molecule has 0 amide bonds. The monoisotopic (exact) mass is 393 g/mol.